The quantitative estimate of drug-likeness (QED) is 0.664. The fraction of sp³-hybridized carbons (Fsp3) is 0.381. The lowest BCUT2D eigenvalue weighted by Crippen LogP contribution is -2.40. The van der Waals surface area contributed by atoms with Gasteiger partial charge in [0, 0.05) is 29.7 Å². The lowest BCUT2D eigenvalue weighted by molar-refractivity contribution is -0.137. The van der Waals surface area contributed by atoms with Crippen LogP contribution in [0.3, 0.4) is 0 Å². The van der Waals surface area contributed by atoms with Gasteiger partial charge in [0.05, 0.1) is 5.56 Å². The number of aryl methyl sites for hydroxylation is 1. The molecule has 0 aliphatic carbocycles. The number of nitrogens with one attached hydrogen (secondary N) is 1. The van der Waals surface area contributed by atoms with Crippen molar-refractivity contribution in [1.82, 2.24) is 20.1 Å². The van der Waals surface area contributed by atoms with Crippen LogP contribution >= 0.6 is 0 Å². The summed E-state index contributed by atoms with van der Waals surface area (Å²) in [6, 6.07) is 4.94. The molecule has 3 aromatic rings. The fourth-order valence-electron chi connectivity index (χ4n) is 3.81. The summed E-state index contributed by atoms with van der Waals surface area (Å²) < 4.78 is 38.8. The Kier molecular flexibility index (Phi) is 5.23. The predicted octanol–water partition coefficient (Wildman–Crippen LogP) is 4.23. The third kappa shape index (κ3) is 4.02. The molecule has 3 heterocycles. The minimum Gasteiger partial charge on any atom is -0.507 e. The Morgan fingerprint density at radius 3 is 2.70 bits per heavy atom. The minimum absolute atomic E-state index is 0.154. The summed E-state index contributed by atoms with van der Waals surface area (Å²) in [5, 5.41) is 22.9. The van der Waals surface area contributed by atoms with Crippen molar-refractivity contribution < 1.29 is 18.3 Å². The van der Waals surface area contributed by atoms with Gasteiger partial charge in [0.2, 0.25) is 0 Å². The van der Waals surface area contributed by atoms with Crippen molar-refractivity contribution in [2.75, 3.05) is 25.5 Å². The lowest BCUT2D eigenvalue weighted by atomic mass is 10.0. The van der Waals surface area contributed by atoms with E-state index in [1.165, 1.54) is 6.07 Å². The zero-order valence-corrected chi connectivity index (χ0v) is 16.7. The Morgan fingerprint density at radius 2 is 2.00 bits per heavy atom. The number of hydrogen-bond donors (Lipinski definition) is 2. The summed E-state index contributed by atoms with van der Waals surface area (Å²) in [5.41, 5.74) is 0.854. The second kappa shape index (κ2) is 7.71. The van der Waals surface area contributed by atoms with Gasteiger partial charge in [0.1, 0.15) is 17.0 Å². The number of pyridine rings is 1. The summed E-state index contributed by atoms with van der Waals surface area (Å²) in [6.07, 6.45) is -0.796. The molecule has 0 amide bonds. The summed E-state index contributed by atoms with van der Waals surface area (Å²) in [7, 11) is 2.07. The Bertz CT molecular complexity index is 1090. The number of nitrogens with zero attached hydrogens (tertiary/aromatic N) is 4. The number of benzene rings is 1. The van der Waals surface area contributed by atoms with Gasteiger partial charge < -0.3 is 15.3 Å². The number of aromatic hydroxyl groups is 1. The zero-order valence-electron chi connectivity index (χ0n) is 16.7. The van der Waals surface area contributed by atoms with Gasteiger partial charge in [-0.1, -0.05) is 0 Å². The average Bonchev–Trinajstić information content (AvgIpc) is 2.68. The van der Waals surface area contributed by atoms with Crippen LogP contribution in [0.1, 0.15) is 24.0 Å². The monoisotopic (exact) mass is 417 g/mol. The molecule has 0 radical (unpaired) electrons. The molecular weight excluding hydrogens is 395 g/mol. The van der Waals surface area contributed by atoms with Crippen molar-refractivity contribution in [2.45, 2.75) is 32.0 Å². The number of fused-ring (bicyclic) bond motifs is 1. The maximum atomic E-state index is 12.9. The molecule has 0 unspecified atom stereocenters. The van der Waals surface area contributed by atoms with Crippen LogP contribution in [0.4, 0.5) is 19.0 Å². The van der Waals surface area contributed by atoms with E-state index >= 15 is 0 Å². The van der Waals surface area contributed by atoms with Crippen LogP contribution in [0.15, 0.2) is 30.5 Å². The molecule has 158 valence electrons. The van der Waals surface area contributed by atoms with E-state index in [0.717, 1.165) is 37.6 Å². The van der Waals surface area contributed by atoms with Gasteiger partial charge in [-0.3, -0.25) is 4.98 Å². The molecule has 4 rings (SSSR count). The van der Waals surface area contributed by atoms with Gasteiger partial charge in [0.15, 0.2) is 5.82 Å². The van der Waals surface area contributed by atoms with Gasteiger partial charge in [-0.05, 0) is 63.2 Å². The molecule has 30 heavy (non-hydrogen) atoms. The van der Waals surface area contributed by atoms with Gasteiger partial charge in [-0.2, -0.15) is 13.2 Å². The first-order valence-corrected chi connectivity index (χ1v) is 9.71. The highest BCUT2D eigenvalue weighted by Crippen LogP contribution is 2.38. The van der Waals surface area contributed by atoms with Crippen LogP contribution in [0.25, 0.3) is 22.2 Å². The smallest absolute Gasteiger partial charge is 0.416 e. The SMILES string of the molecule is Cc1cnc2c(-c3ccc(C(F)(F)F)cc3O)nnc(N[C@@H]3CCCN(C)C3)c2c1. The van der Waals surface area contributed by atoms with E-state index < -0.39 is 17.5 Å². The minimum atomic E-state index is -4.54. The highest BCUT2D eigenvalue weighted by Gasteiger charge is 2.31. The predicted molar refractivity (Wildman–Crippen MR) is 108 cm³/mol. The normalized spacial score (nSPS) is 18.0. The van der Waals surface area contributed by atoms with E-state index in [9.17, 15) is 18.3 Å². The van der Waals surface area contributed by atoms with E-state index in [-0.39, 0.29) is 17.3 Å². The van der Waals surface area contributed by atoms with Gasteiger partial charge >= 0.3 is 6.18 Å². The maximum Gasteiger partial charge on any atom is 0.416 e. The molecule has 6 nitrogen and oxygen atoms in total. The lowest BCUT2D eigenvalue weighted by Gasteiger charge is -2.30. The third-order valence-electron chi connectivity index (χ3n) is 5.30. The van der Waals surface area contributed by atoms with Crippen molar-refractivity contribution in [3.63, 3.8) is 0 Å². The molecule has 1 saturated heterocycles. The largest absolute Gasteiger partial charge is 0.507 e. The van der Waals surface area contributed by atoms with E-state index in [4.69, 9.17) is 0 Å². The topological polar surface area (TPSA) is 74.2 Å². The Morgan fingerprint density at radius 1 is 1.20 bits per heavy atom. The molecule has 2 aromatic heterocycles. The van der Waals surface area contributed by atoms with Crippen molar-refractivity contribution in [3.8, 4) is 17.0 Å². The number of likely N-dealkylation sites (tertiary alicyclic amines) is 1. The van der Waals surface area contributed by atoms with Crippen LogP contribution in [-0.2, 0) is 6.18 Å². The molecule has 1 fully saturated rings. The highest BCUT2D eigenvalue weighted by atomic mass is 19.4. The van der Waals surface area contributed by atoms with Crippen molar-refractivity contribution in [3.05, 3.63) is 41.6 Å². The molecule has 1 aliphatic rings. The summed E-state index contributed by atoms with van der Waals surface area (Å²) in [5.74, 6) is 0.0639. The molecule has 9 heteroatoms. The number of halogens is 3. The van der Waals surface area contributed by atoms with Crippen LogP contribution in [0.5, 0.6) is 5.75 Å². The third-order valence-corrected chi connectivity index (χ3v) is 5.30. The fourth-order valence-corrected chi connectivity index (χ4v) is 3.81. The number of hydrogen-bond acceptors (Lipinski definition) is 6. The first kappa shape index (κ1) is 20.3. The van der Waals surface area contributed by atoms with E-state index in [1.54, 1.807) is 6.20 Å². The second-order valence-corrected chi connectivity index (χ2v) is 7.78. The highest BCUT2D eigenvalue weighted by molar-refractivity contribution is 5.98. The Balaban J connectivity index is 1.78. The van der Waals surface area contributed by atoms with Crippen LogP contribution in [0.2, 0.25) is 0 Å². The number of anilines is 1. The molecule has 0 saturated carbocycles. The molecule has 1 atom stereocenters. The standard InChI is InChI=1S/C21H22F3N5O/c1-12-8-16-18(25-10-12)19(15-6-5-13(9-17(15)30)21(22,23)24)27-28-20(16)26-14-4-3-7-29(2)11-14/h5-6,8-10,14,30H,3-4,7,11H2,1-2H3,(H,26,28)/t14-/m1/s1. The van der Waals surface area contributed by atoms with E-state index in [1.807, 2.05) is 13.0 Å². The van der Waals surface area contributed by atoms with Gasteiger partial charge in [0.25, 0.3) is 0 Å². The van der Waals surface area contributed by atoms with E-state index in [2.05, 4.69) is 32.4 Å². The number of aromatic nitrogens is 3. The molecule has 1 aliphatic heterocycles. The van der Waals surface area contributed by atoms with Crippen LogP contribution < -0.4 is 5.32 Å². The van der Waals surface area contributed by atoms with Crippen molar-refractivity contribution in [2.24, 2.45) is 0 Å². The summed E-state index contributed by atoms with van der Waals surface area (Å²) in [6.45, 7) is 3.83. The molecule has 0 bridgehead atoms. The zero-order chi connectivity index (χ0) is 21.5. The van der Waals surface area contributed by atoms with Crippen molar-refractivity contribution >= 4 is 16.7 Å². The first-order valence-electron chi connectivity index (χ1n) is 9.71. The van der Waals surface area contributed by atoms with Gasteiger partial charge in [-0.15, -0.1) is 10.2 Å². The van der Waals surface area contributed by atoms with E-state index in [0.29, 0.717) is 22.8 Å². The number of rotatable bonds is 3. The summed E-state index contributed by atoms with van der Waals surface area (Å²) >= 11 is 0. The number of phenolic OH excluding ortho intramolecular Hbond substituents is 1. The van der Waals surface area contributed by atoms with Crippen LogP contribution in [0, 0.1) is 6.92 Å². The molecule has 2 N–H and O–H groups in total. The number of alkyl halides is 3. The Hall–Kier alpha value is -2.94. The Labute approximate surface area is 171 Å². The van der Waals surface area contributed by atoms with Gasteiger partial charge in [-0.25, -0.2) is 0 Å². The molecule has 0 spiro atoms. The number of phenols is 1. The number of piperidine rings is 1. The summed E-state index contributed by atoms with van der Waals surface area (Å²) in [4.78, 5) is 6.70. The first-order chi connectivity index (χ1) is 14.2. The van der Waals surface area contributed by atoms with Crippen molar-refractivity contribution in [1.29, 1.82) is 0 Å². The molecular formula is C21H22F3N5O. The average molecular weight is 417 g/mol. The molecule has 1 aromatic carbocycles. The maximum absolute atomic E-state index is 12.9. The van der Waals surface area contributed by atoms with Crippen LogP contribution in [-0.4, -0.2) is 51.4 Å². The number of likely N-dealkylation sites (N-methyl/N-ethyl adjacent to an activating group) is 1. The second-order valence-electron chi connectivity index (χ2n) is 7.78.